The first-order valence-electron chi connectivity index (χ1n) is 11.3. The van der Waals surface area contributed by atoms with Gasteiger partial charge in [0.1, 0.15) is 11.5 Å². The topological polar surface area (TPSA) is 103 Å². The second-order valence-corrected chi connectivity index (χ2v) is 8.18. The van der Waals surface area contributed by atoms with Crippen LogP contribution in [0.15, 0.2) is 107 Å². The second kappa shape index (κ2) is 9.79. The van der Waals surface area contributed by atoms with E-state index in [1.54, 1.807) is 65.6 Å². The fraction of sp³-hybridized carbons (Fsp3) is 0.0345. The van der Waals surface area contributed by atoms with E-state index in [2.05, 4.69) is 0 Å². The molecule has 0 unspecified atom stereocenters. The maximum atomic E-state index is 13.6. The van der Waals surface area contributed by atoms with Gasteiger partial charge in [-0.05, 0) is 60.2 Å². The molecule has 1 aliphatic heterocycles. The Balaban J connectivity index is 1.51. The number of furan rings is 1. The molecule has 0 aliphatic carbocycles. The zero-order valence-electron chi connectivity index (χ0n) is 19.7. The number of carbonyl (C=O) groups is 2. The molecule has 37 heavy (non-hydrogen) atoms. The molecule has 5 rings (SSSR count). The minimum absolute atomic E-state index is 0.0101. The van der Waals surface area contributed by atoms with Gasteiger partial charge < -0.3 is 9.15 Å². The van der Waals surface area contributed by atoms with Crippen LogP contribution in [0.3, 0.4) is 0 Å². The van der Waals surface area contributed by atoms with Crippen molar-refractivity contribution in [1.82, 2.24) is 0 Å². The number of ether oxygens (including phenoxy) is 1. The largest absolute Gasteiger partial charge is 0.465 e. The van der Waals surface area contributed by atoms with Gasteiger partial charge >= 0.3 is 5.97 Å². The average Bonchev–Trinajstić information content (AvgIpc) is 3.53. The standard InChI is InChI=1S/C29H20N2O6/c1-36-29(33)21-8-5-9-24(16-21)30-26(19-6-3-2-4-7-19)18-22(28(30)32)17-25-14-15-27(37-25)20-10-12-23(13-11-20)31(34)35/h2-18H,1H3/b22-17+. The Hall–Kier alpha value is -5.24. The zero-order chi connectivity index (χ0) is 25.9. The number of esters is 1. The van der Waals surface area contributed by atoms with Crippen molar-refractivity contribution < 1.29 is 23.7 Å². The summed E-state index contributed by atoms with van der Waals surface area (Å²) in [6.45, 7) is 0. The summed E-state index contributed by atoms with van der Waals surface area (Å²) < 4.78 is 10.8. The third-order valence-electron chi connectivity index (χ3n) is 5.87. The number of anilines is 1. The molecule has 2 heterocycles. The molecule has 0 atom stereocenters. The van der Waals surface area contributed by atoms with Crippen molar-refractivity contribution in [3.05, 3.63) is 130 Å². The Labute approximate surface area is 211 Å². The molecule has 0 saturated carbocycles. The summed E-state index contributed by atoms with van der Waals surface area (Å²) >= 11 is 0. The first-order chi connectivity index (χ1) is 17.9. The normalized spacial score (nSPS) is 14.1. The maximum absolute atomic E-state index is 13.6. The summed E-state index contributed by atoms with van der Waals surface area (Å²) in [4.78, 5) is 37.7. The van der Waals surface area contributed by atoms with Gasteiger partial charge in [-0.3, -0.25) is 19.8 Å². The van der Waals surface area contributed by atoms with Crippen molar-refractivity contribution in [3.8, 4) is 11.3 Å². The summed E-state index contributed by atoms with van der Waals surface area (Å²) in [5.41, 5.74) is 3.40. The number of hydrogen-bond acceptors (Lipinski definition) is 6. The van der Waals surface area contributed by atoms with Gasteiger partial charge in [-0.2, -0.15) is 0 Å². The fourth-order valence-corrected chi connectivity index (χ4v) is 4.07. The Morgan fingerprint density at radius 1 is 0.946 bits per heavy atom. The molecule has 0 radical (unpaired) electrons. The molecule has 4 aromatic rings. The van der Waals surface area contributed by atoms with Crippen molar-refractivity contribution in [2.45, 2.75) is 0 Å². The van der Waals surface area contributed by atoms with Gasteiger partial charge in [0.05, 0.1) is 29.0 Å². The van der Waals surface area contributed by atoms with Gasteiger partial charge in [0.15, 0.2) is 0 Å². The number of rotatable bonds is 6. The van der Waals surface area contributed by atoms with Crippen LogP contribution in [0.4, 0.5) is 11.4 Å². The zero-order valence-corrected chi connectivity index (χ0v) is 19.7. The summed E-state index contributed by atoms with van der Waals surface area (Å²) in [6.07, 6.45) is 3.42. The number of carbonyl (C=O) groups excluding carboxylic acids is 2. The molecule has 1 amide bonds. The lowest BCUT2D eigenvalue weighted by Crippen LogP contribution is -2.25. The lowest BCUT2D eigenvalue weighted by atomic mass is 10.1. The second-order valence-electron chi connectivity index (χ2n) is 8.18. The highest BCUT2D eigenvalue weighted by atomic mass is 16.6. The number of nitro groups is 1. The minimum atomic E-state index is -0.496. The predicted molar refractivity (Wildman–Crippen MR) is 138 cm³/mol. The van der Waals surface area contributed by atoms with E-state index in [1.807, 2.05) is 30.3 Å². The van der Waals surface area contributed by atoms with E-state index in [1.165, 1.54) is 19.2 Å². The third-order valence-corrected chi connectivity index (χ3v) is 5.87. The van der Waals surface area contributed by atoms with Crippen LogP contribution in [-0.2, 0) is 9.53 Å². The number of nitro benzene ring substituents is 1. The van der Waals surface area contributed by atoms with E-state index in [-0.39, 0.29) is 11.6 Å². The number of hydrogen-bond donors (Lipinski definition) is 0. The van der Waals surface area contributed by atoms with Crippen molar-refractivity contribution >= 4 is 35.0 Å². The smallest absolute Gasteiger partial charge is 0.337 e. The van der Waals surface area contributed by atoms with Crippen molar-refractivity contribution in [2.24, 2.45) is 0 Å². The molecule has 8 heteroatoms. The van der Waals surface area contributed by atoms with Gasteiger partial charge in [-0.1, -0.05) is 36.4 Å². The van der Waals surface area contributed by atoms with Crippen LogP contribution >= 0.6 is 0 Å². The number of nitrogens with zero attached hydrogens (tertiary/aromatic N) is 2. The SMILES string of the molecule is COC(=O)c1cccc(N2C(=O)/C(=C/c3ccc(-c4ccc([N+](=O)[O-])cc4)o3)C=C2c2ccccc2)c1. The van der Waals surface area contributed by atoms with E-state index < -0.39 is 10.9 Å². The molecule has 182 valence electrons. The molecule has 0 bridgehead atoms. The van der Waals surface area contributed by atoms with E-state index >= 15 is 0 Å². The molecule has 1 aliphatic rings. The third kappa shape index (κ3) is 4.68. The monoisotopic (exact) mass is 492 g/mol. The number of methoxy groups -OCH3 is 1. The van der Waals surface area contributed by atoms with Crippen LogP contribution in [0, 0.1) is 10.1 Å². The van der Waals surface area contributed by atoms with E-state index in [0.717, 1.165) is 5.56 Å². The van der Waals surface area contributed by atoms with Crippen molar-refractivity contribution in [3.63, 3.8) is 0 Å². The first-order valence-corrected chi connectivity index (χ1v) is 11.3. The van der Waals surface area contributed by atoms with Crippen LogP contribution < -0.4 is 4.90 Å². The Kier molecular flexibility index (Phi) is 6.22. The number of amides is 1. The van der Waals surface area contributed by atoms with Crippen LogP contribution in [0.5, 0.6) is 0 Å². The fourth-order valence-electron chi connectivity index (χ4n) is 4.07. The van der Waals surface area contributed by atoms with E-state index in [0.29, 0.717) is 39.6 Å². The highest BCUT2D eigenvalue weighted by Gasteiger charge is 2.31. The maximum Gasteiger partial charge on any atom is 0.337 e. The Morgan fingerprint density at radius 3 is 2.41 bits per heavy atom. The van der Waals surface area contributed by atoms with Gasteiger partial charge in [-0.15, -0.1) is 0 Å². The molecule has 0 saturated heterocycles. The quantitative estimate of drug-likeness (QED) is 0.139. The molecule has 0 spiro atoms. The molecular weight excluding hydrogens is 472 g/mol. The van der Waals surface area contributed by atoms with Gasteiger partial charge in [0.25, 0.3) is 11.6 Å². The summed E-state index contributed by atoms with van der Waals surface area (Å²) in [7, 11) is 1.31. The summed E-state index contributed by atoms with van der Waals surface area (Å²) in [5, 5.41) is 10.9. The molecule has 0 fully saturated rings. The minimum Gasteiger partial charge on any atom is -0.465 e. The van der Waals surface area contributed by atoms with Gasteiger partial charge in [0.2, 0.25) is 0 Å². The van der Waals surface area contributed by atoms with E-state index in [4.69, 9.17) is 9.15 Å². The van der Waals surface area contributed by atoms with Gasteiger partial charge in [0, 0.05) is 23.3 Å². The van der Waals surface area contributed by atoms with Crippen LogP contribution in [0.25, 0.3) is 23.1 Å². The van der Waals surface area contributed by atoms with Crippen LogP contribution in [0.2, 0.25) is 0 Å². The highest BCUT2D eigenvalue weighted by molar-refractivity contribution is 6.23. The molecule has 8 nitrogen and oxygen atoms in total. The number of benzene rings is 3. The Morgan fingerprint density at radius 2 is 1.70 bits per heavy atom. The first kappa shape index (κ1) is 23.5. The summed E-state index contributed by atoms with van der Waals surface area (Å²) in [6, 6.07) is 25.7. The Bertz CT molecular complexity index is 1570. The molecule has 3 aromatic carbocycles. The van der Waals surface area contributed by atoms with Gasteiger partial charge in [-0.25, -0.2) is 4.79 Å². The summed E-state index contributed by atoms with van der Waals surface area (Å²) in [5.74, 6) is 0.186. The molecule has 0 N–H and O–H groups in total. The van der Waals surface area contributed by atoms with Crippen molar-refractivity contribution in [1.29, 1.82) is 0 Å². The molecular formula is C29H20N2O6. The predicted octanol–water partition coefficient (Wildman–Crippen LogP) is 6.11. The lowest BCUT2D eigenvalue weighted by Gasteiger charge is -2.21. The lowest BCUT2D eigenvalue weighted by molar-refractivity contribution is -0.384. The van der Waals surface area contributed by atoms with Crippen molar-refractivity contribution in [2.75, 3.05) is 12.0 Å². The number of non-ortho nitro benzene ring substituents is 1. The van der Waals surface area contributed by atoms with Crippen LogP contribution in [0.1, 0.15) is 21.7 Å². The van der Waals surface area contributed by atoms with Crippen LogP contribution in [-0.4, -0.2) is 23.9 Å². The van der Waals surface area contributed by atoms with E-state index in [9.17, 15) is 19.7 Å². The highest BCUT2D eigenvalue weighted by Crippen LogP contribution is 2.36. The average molecular weight is 492 g/mol. The molecule has 1 aromatic heterocycles.